The van der Waals surface area contributed by atoms with Crippen LogP contribution in [0.25, 0.3) is 0 Å². The van der Waals surface area contributed by atoms with Crippen LogP contribution >= 0.6 is 0 Å². The quantitative estimate of drug-likeness (QED) is 0.530. The smallest absolute Gasteiger partial charge is 0.251 e. The lowest BCUT2D eigenvalue weighted by atomic mass is 10.1. The molecule has 0 radical (unpaired) electrons. The molecule has 3 rings (SSSR count). The Kier molecular flexibility index (Phi) is 6.90. The maximum absolute atomic E-state index is 12.6. The first kappa shape index (κ1) is 20.2. The number of carbonyl (C=O) groups is 2. The van der Waals surface area contributed by atoms with E-state index >= 15 is 0 Å². The fourth-order valence-corrected chi connectivity index (χ4v) is 4.05. The number of rotatable bonds is 5. The Balaban J connectivity index is 1.49. The van der Waals surface area contributed by atoms with Gasteiger partial charge in [0.25, 0.3) is 5.91 Å². The van der Waals surface area contributed by atoms with E-state index in [9.17, 15) is 9.59 Å². The van der Waals surface area contributed by atoms with Crippen molar-refractivity contribution in [3.05, 3.63) is 35.4 Å². The molecule has 1 heterocycles. The summed E-state index contributed by atoms with van der Waals surface area (Å²) < 4.78 is 0. The van der Waals surface area contributed by atoms with Gasteiger partial charge in [0.15, 0.2) is 5.96 Å². The number of nitrogens with zero attached hydrogens (tertiary/aromatic N) is 2. The molecule has 2 amide bonds. The SMILES string of the molecule is CN=C(NCc1cccc(C(=O)NC)c1)NC1CCN(C(=O)C2CCCC2)C1. The molecule has 1 aromatic rings. The van der Waals surface area contributed by atoms with E-state index in [0.717, 1.165) is 37.9 Å². The van der Waals surface area contributed by atoms with Gasteiger partial charge in [-0.15, -0.1) is 0 Å². The number of aliphatic imine (C=N–C) groups is 1. The van der Waals surface area contributed by atoms with Crippen LogP contribution < -0.4 is 16.0 Å². The minimum absolute atomic E-state index is 0.0951. The predicted octanol–water partition coefficient (Wildman–Crippen LogP) is 1.50. The van der Waals surface area contributed by atoms with Crippen LogP contribution in [0.5, 0.6) is 0 Å². The molecule has 1 aliphatic heterocycles. The standard InChI is InChI=1S/C21H31N5O2/c1-22-19(27)17-9-5-6-15(12-17)13-24-21(23-2)25-18-10-11-26(14-18)20(28)16-7-3-4-8-16/h5-6,9,12,16,18H,3-4,7-8,10-11,13-14H2,1-2H3,(H,22,27)(H2,23,24,25). The van der Waals surface area contributed by atoms with Gasteiger partial charge in [-0.1, -0.05) is 25.0 Å². The second kappa shape index (κ2) is 9.57. The number of nitrogens with one attached hydrogen (secondary N) is 3. The number of likely N-dealkylation sites (tertiary alicyclic amines) is 1. The van der Waals surface area contributed by atoms with E-state index in [1.165, 1.54) is 12.8 Å². The fraction of sp³-hybridized carbons (Fsp3) is 0.571. The molecule has 0 bridgehead atoms. The lowest BCUT2D eigenvalue weighted by Crippen LogP contribution is -2.45. The lowest BCUT2D eigenvalue weighted by molar-refractivity contribution is -0.134. The summed E-state index contributed by atoms with van der Waals surface area (Å²) in [6, 6.07) is 7.74. The Hall–Kier alpha value is -2.57. The predicted molar refractivity (Wildman–Crippen MR) is 110 cm³/mol. The van der Waals surface area contributed by atoms with Crippen LogP contribution in [0.15, 0.2) is 29.3 Å². The van der Waals surface area contributed by atoms with Crippen LogP contribution in [0.1, 0.15) is 48.0 Å². The molecule has 2 fully saturated rings. The van der Waals surface area contributed by atoms with Gasteiger partial charge >= 0.3 is 0 Å². The van der Waals surface area contributed by atoms with E-state index in [0.29, 0.717) is 24.0 Å². The lowest BCUT2D eigenvalue weighted by Gasteiger charge is -2.21. The number of amides is 2. The zero-order chi connectivity index (χ0) is 19.9. The van der Waals surface area contributed by atoms with Crippen molar-refractivity contribution in [2.24, 2.45) is 10.9 Å². The normalized spacial score (nSPS) is 20.3. The van der Waals surface area contributed by atoms with Crippen molar-refractivity contribution in [3.63, 3.8) is 0 Å². The summed E-state index contributed by atoms with van der Waals surface area (Å²) in [5, 5.41) is 9.36. The molecule has 7 heteroatoms. The van der Waals surface area contributed by atoms with E-state index < -0.39 is 0 Å². The van der Waals surface area contributed by atoms with Crippen LogP contribution in [-0.4, -0.2) is 55.9 Å². The summed E-state index contributed by atoms with van der Waals surface area (Å²) in [6.07, 6.45) is 5.40. The molecular formula is C21H31N5O2. The Morgan fingerprint density at radius 2 is 2.00 bits per heavy atom. The van der Waals surface area contributed by atoms with Crippen LogP contribution in [0, 0.1) is 5.92 Å². The van der Waals surface area contributed by atoms with Gasteiger partial charge in [0.1, 0.15) is 0 Å². The van der Waals surface area contributed by atoms with Gasteiger partial charge in [0.2, 0.25) is 5.91 Å². The first-order chi connectivity index (χ1) is 13.6. The van der Waals surface area contributed by atoms with Crippen molar-refractivity contribution >= 4 is 17.8 Å². The van der Waals surface area contributed by atoms with Gasteiger partial charge in [-0.3, -0.25) is 14.6 Å². The van der Waals surface area contributed by atoms with Crippen LogP contribution in [0.4, 0.5) is 0 Å². The van der Waals surface area contributed by atoms with Crippen molar-refractivity contribution in [2.45, 2.75) is 44.7 Å². The number of carbonyl (C=O) groups excluding carboxylic acids is 2. The van der Waals surface area contributed by atoms with E-state index in [-0.39, 0.29) is 17.9 Å². The molecule has 1 saturated carbocycles. The van der Waals surface area contributed by atoms with Crippen LogP contribution in [-0.2, 0) is 11.3 Å². The molecule has 7 nitrogen and oxygen atoms in total. The van der Waals surface area contributed by atoms with E-state index in [1.807, 2.05) is 23.1 Å². The van der Waals surface area contributed by atoms with Gasteiger partial charge in [0.05, 0.1) is 0 Å². The highest BCUT2D eigenvalue weighted by Crippen LogP contribution is 2.27. The fourth-order valence-electron chi connectivity index (χ4n) is 4.05. The molecule has 152 valence electrons. The topological polar surface area (TPSA) is 85.8 Å². The molecule has 1 aromatic carbocycles. The summed E-state index contributed by atoms with van der Waals surface area (Å²) in [5.41, 5.74) is 1.65. The maximum Gasteiger partial charge on any atom is 0.251 e. The summed E-state index contributed by atoms with van der Waals surface area (Å²) in [4.78, 5) is 30.7. The highest BCUT2D eigenvalue weighted by molar-refractivity contribution is 5.94. The van der Waals surface area contributed by atoms with Crippen molar-refractivity contribution in [1.82, 2.24) is 20.9 Å². The van der Waals surface area contributed by atoms with E-state index in [1.54, 1.807) is 20.2 Å². The molecule has 1 unspecified atom stereocenters. The molecule has 2 aliphatic rings. The Morgan fingerprint density at radius 3 is 2.71 bits per heavy atom. The molecule has 0 spiro atoms. The van der Waals surface area contributed by atoms with Gasteiger partial charge in [-0.05, 0) is 37.0 Å². The first-order valence-corrected chi connectivity index (χ1v) is 10.2. The van der Waals surface area contributed by atoms with Gasteiger partial charge in [0, 0.05) is 51.3 Å². The number of guanidine groups is 1. The van der Waals surface area contributed by atoms with Gasteiger partial charge in [-0.25, -0.2) is 0 Å². The zero-order valence-corrected chi connectivity index (χ0v) is 16.8. The monoisotopic (exact) mass is 385 g/mol. The van der Waals surface area contributed by atoms with Gasteiger partial charge < -0.3 is 20.9 Å². The highest BCUT2D eigenvalue weighted by atomic mass is 16.2. The van der Waals surface area contributed by atoms with Crippen LogP contribution in [0.2, 0.25) is 0 Å². The minimum Gasteiger partial charge on any atom is -0.355 e. The number of hydrogen-bond donors (Lipinski definition) is 3. The third-order valence-corrected chi connectivity index (χ3v) is 5.64. The zero-order valence-electron chi connectivity index (χ0n) is 16.8. The average molecular weight is 386 g/mol. The Labute approximate surface area is 167 Å². The summed E-state index contributed by atoms with van der Waals surface area (Å²) in [7, 11) is 3.37. The van der Waals surface area contributed by atoms with Crippen molar-refractivity contribution < 1.29 is 9.59 Å². The van der Waals surface area contributed by atoms with Crippen molar-refractivity contribution in [3.8, 4) is 0 Å². The Morgan fingerprint density at radius 1 is 1.21 bits per heavy atom. The Bertz CT molecular complexity index is 727. The third kappa shape index (κ3) is 5.03. The summed E-state index contributed by atoms with van der Waals surface area (Å²) in [5.74, 6) is 1.19. The first-order valence-electron chi connectivity index (χ1n) is 10.2. The summed E-state index contributed by atoms with van der Waals surface area (Å²) >= 11 is 0. The van der Waals surface area contributed by atoms with E-state index in [2.05, 4.69) is 20.9 Å². The molecule has 28 heavy (non-hydrogen) atoms. The maximum atomic E-state index is 12.6. The molecule has 3 N–H and O–H groups in total. The summed E-state index contributed by atoms with van der Waals surface area (Å²) in [6.45, 7) is 2.13. The molecule has 1 aliphatic carbocycles. The van der Waals surface area contributed by atoms with Crippen molar-refractivity contribution in [1.29, 1.82) is 0 Å². The number of hydrogen-bond acceptors (Lipinski definition) is 3. The van der Waals surface area contributed by atoms with E-state index in [4.69, 9.17) is 0 Å². The molecule has 1 saturated heterocycles. The van der Waals surface area contributed by atoms with Crippen molar-refractivity contribution in [2.75, 3.05) is 27.2 Å². The second-order valence-corrected chi connectivity index (χ2v) is 7.60. The highest BCUT2D eigenvalue weighted by Gasteiger charge is 2.32. The third-order valence-electron chi connectivity index (χ3n) is 5.64. The molecule has 1 atom stereocenters. The largest absolute Gasteiger partial charge is 0.355 e. The van der Waals surface area contributed by atoms with Crippen LogP contribution in [0.3, 0.4) is 0 Å². The average Bonchev–Trinajstić information content (AvgIpc) is 3.42. The molecular weight excluding hydrogens is 354 g/mol. The second-order valence-electron chi connectivity index (χ2n) is 7.60. The molecule has 0 aromatic heterocycles. The number of benzene rings is 1. The van der Waals surface area contributed by atoms with Gasteiger partial charge in [-0.2, -0.15) is 0 Å². The minimum atomic E-state index is -0.0951.